The van der Waals surface area contributed by atoms with Crippen LogP contribution in [0.2, 0.25) is 0 Å². The number of carbonyl (C=O) groups is 4. The van der Waals surface area contributed by atoms with E-state index < -0.39 is 42.7 Å². The van der Waals surface area contributed by atoms with Crippen LogP contribution < -0.4 is 17.0 Å². The maximum atomic E-state index is 12.1. The van der Waals surface area contributed by atoms with Crippen molar-refractivity contribution in [3.05, 3.63) is 0 Å². The summed E-state index contributed by atoms with van der Waals surface area (Å²) in [5.74, 6) is -2.47. The molecule has 0 heterocycles. The first-order chi connectivity index (χ1) is 16.0. The van der Waals surface area contributed by atoms with E-state index >= 15 is 0 Å². The average Bonchev–Trinajstić information content (AvgIpc) is 2.73. The van der Waals surface area contributed by atoms with Crippen LogP contribution in [0.4, 0.5) is 0 Å². The Kier molecular flexibility index (Phi) is 20.7. The van der Waals surface area contributed by atoms with Gasteiger partial charge in [-0.05, 0) is 12.8 Å². The molecule has 0 aromatic rings. The molecule has 0 aliphatic heterocycles. The van der Waals surface area contributed by atoms with Crippen LogP contribution in [0.3, 0.4) is 0 Å². The third-order valence-electron chi connectivity index (χ3n) is 4.64. The van der Waals surface area contributed by atoms with E-state index in [1.807, 2.05) is 35.0 Å². The number of likely N-dealkylation sites (N-methyl/N-ethyl adjacent to an activating group) is 1. The van der Waals surface area contributed by atoms with E-state index in [1.165, 1.54) is 0 Å². The minimum absolute atomic E-state index is 0. The zero-order valence-electron chi connectivity index (χ0n) is 21.9. The number of unbranched alkanes of at least 4 members (excludes halogenated alkanes) is 4. The monoisotopic (exact) mass is 569 g/mol. The number of aliphatic hydroxyl groups is 1. The van der Waals surface area contributed by atoms with Crippen LogP contribution in [0, 0.1) is 0 Å². The molecule has 0 saturated carbocycles. The van der Waals surface area contributed by atoms with Crippen LogP contribution >= 0.6 is 0 Å². The van der Waals surface area contributed by atoms with Gasteiger partial charge < -0.3 is 45.5 Å². The van der Waals surface area contributed by atoms with Crippen molar-refractivity contribution >= 4 is 23.9 Å². The third kappa shape index (κ3) is 22.5. The zero-order chi connectivity index (χ0) is 26.0. The number of quaternary nitrogens is 1. The highest BCUT2D eigenvalue weighted by atomic mass is 79.9. The quantitative estimate of drug-likeness (QED) is 0.0915. The Morgan fingerprint density at radius 2 is 1.23 bits per heavy atom. The summed E-state index contributed by atoms with van der Waals surface area (Å²) in [7, 11) is 5.62. The molecule has 0 aromatic carbocycles. The van der Waals surface area contributed by atoms with Gasteiger partial charge in [0, 0.05) is 12.8 Å². The second kappa shape index (κ2) is 20.5. The van der Waals surface area contributed by atoms with Gasteiger partial charge in [-0.2, -0.15) is 0 Å². The summed E-state index contributed by atoms with van der Waals surface area (Å²) in [5.41, 5.74) is 0. The Bertz CT molecular complexity index is 597. The molecule has 0 aliphatic carbocycles. The molecule has 0 fully saturated rings. The lowest BCUT2D eigenvalue weighted by molar-refractivity contribution is -0.873. The van der Waals surface area contributed by atoms with Crippen molar-refractivity contribution < 1.29 is 64.7 Å². The highest BCUT2D eigenvalue weighted by Crippen LogP contribution is 2.06. The molecule has 0 aromatic heterocycles. The van der Waals surface area contributed by atoms with Gasteiger partial charge in [-0.15, -0.1) is 0 Å². The van der Waals surface area contributed by atoms with Crippen LogP contribution in [0.25, 0.3) is 0 Å². The smallest absolute Gasteiger partial charge is 0.344 e. The number of ether oxygens (including phenoxy) is 4. The molecule has 0 rings (SSSR count). The Balaban J connectivity index is 0. The first kappa shape index (κ1) is 35.4. The number of carbonyl (C=O) groups excluding carboxylic acids is 4. The lowest BCUT2D eigenvalue weighted by atomic mass is 10.2. The number of nitrogens with zero attached hydrogens (tertiary/aromatic N) is 1. The largest absolute Gasteiger partial charge is 1.00 e. The molecule has 0 unspecified atom stereocenters. The average molecular weight is 571 g/mol. The topological polar surface area (TPSA) is 125 Å². The summed E-state index contributed by atoms with van der Waals surface area (Å²) >= 11 is 0. The molecule has 0 radical (unpaired) electrons. The lowest BCUT2D eigenvalue weighted by Crippen LogP contribution is -3.00. The van der Waals surface area contributed by atoms with Crippen molar-refractivity contribution in [2.24, 2.45) is 0 Å². The van der Waals surface area contributed by atoms with Gasteiger partial charge in [0.25, 0.3) is 0 Å². The SMILES string of the molecule is CCCCCC(=O)OCC(COC(=O)CCCCC)OC(=O)COC(=O)C[C@H](O)C[N+](C)(C)C.[Br-]. The number of halogens is 1. The van der Waals surface area contributed by atoms with Crippen LogP contribution in [0.15, 0.2) is 0 Å². The van der Waals surface area contributed by atoms with Gasteiger partial charge in [0.1, 0.15) is 25.9 Å². The minimum atomic E-state index is -1.01. The Morgan fingerprint density at radius 1 is 0.743 bits per heavy atom. The van der Waals surface area contributed by atoms with Crippen molar-refractivity contribution in [1.29, 1.82) is 0 Å². The summed E-state index contributed by atoms with van der Waals surface area (Å²) in [6.07, 6.45) is 3.45. The standard InChI is InChI=1S/C24H44NO9.BrH/c1-6-8-10-12-21(27)31-16-20(17-32-22(28)13-11-9-7-2)34-24(30)18-33-23(29)14-19(26)15-25(3,4)5;/h19-20,26H,6-18H2,1-5H3;1H/q+1;/p-1/t19-;/m0./s1. The van der Waals surface area contributed by atoms with Gasteiger partial charge in [-0.25, -0.2) is 4.79 Å². The highest BCUT2D eigenvalue weighted by Gasteiger charge is 2.23. The zero-order valence-corrected chi connectivity index (χ0v) is 23.5. The summed E-state index contributed by atoms with van der Waals surface area (Å²) in [6.45, 7) is 3.18. The Labute approximate surface area is 220 Å². The number of rotatable bonds is 19. The molecule has 0 saturated heterocycles. The van der Waals surface area contributed by atoms with Crippen LogP contribution in [0.5, 0.6) is 0 Å². The van der Waals surface area contributed by atoms with E-state index in [9.17, 15) is 24.3 Å². The van der Waals surface area contributed by atoms with Crippen LogP contribution in [-0.2, 0) is 38.1 Å². The maximum Gasteiger partial charge on any atom is 0.344 e. The van der Waals surface area contributed by atoms with E-state index in [1.54, 1.807) is 0 Å². The van der Waals surface area contributed by atoms with Crippen molar-refractivity contribution in [1.82, 2.24) is 0 Å². The van der Waals surface area contributed by atoms with E-state index in [4.69, 9.17) is 18.9 Å². The normalized spacial score (nSPS) is 11.9. The van der Waals surface area contributed by atoms with Gasteiger partial charge in [0.2, 0.25) is 0 Å². The van der Waals surface area contributed by atoms with Crippen molar-refractivity contribution in [2.45, 2.75) is 83.8 Å². The number of esters is 4. The lowest BCUT2D eigenvalue weighted by Gasteiger charge is -2.26. The van der Waals surface area contributed by atoms with Gasteiger partial charge in [-0.3, -0.25) is 14.4 Å². The number of hydrogen-bond acceptors (Lipinski definition) is 9. The highest BCUT2D eigenvalue weighted by molar-refractivity contribution is 5.76. The minimum Gasteiger partial charge on any atom is -1.00 e. The molecule has 0 amide bonds. The van der Waals surface area contributed by atoms with Crippen molar-refractivity contribution in [2.75, 3.05) is 47.5 Å². The molecular weight excluding hydrogens is 526 g/mol. The molecule has 0 bridgehead atoms. The van der Waals surface area contributed by atoms with E-state index in [0.717, 1.165) is 25.7 Å². The predicted molar refractivity (Wildman–Crippen MR) is 125 cm³/mol. The molecule has 10 nitrogen and oxygen atoms in total. The van der Waals surface area contributed by atoms with Crippen LogP contribution in [0.1, 0.15) is 71.6 Å². The fourth-order valence-electron chi connectivity index (χ4n) is 2.98. The van der Waals surface area contributed by atoms with Gasteiger partial charge >= 0.3 is 23.9 Å². The van der Waals surface area contributed by atoms with E-state index in [2.05, 4.69) is 0 Å². The van der Waals surface area contributed by atoms with E-state index in [-0.39, 0.29) is 49.5 Å². The number of hydrogen-bond donors (Lipinski definition) is 1. The summed E-state index contributed by atoms with van der Waals surface area (Å²) in [5, 5.41) is 9.93. The first-order valence-corrected chi connectivity index (χ1v) is 12.1. The summed E-state index contributed by atoms with van der Waals surface area (Å²) < 4.78 is 20.9. The van der Waals surface area contributed by atoms with Crippen LogP contribution in [-0.4, -0.2) is 93.2 Å². The van der Waals surface area contributed by atoms with Crippen molar-refractivity contribution in [3.8, 4) is 0 Å². The Hall–Kier alpha value is -1.72. The second-order valence-corrected chi connectivity index (χ2v) is 9.38. The molecular formula is C24H44BrNO9. The van der Waals surface area contributed by atoms with Gasteiger partial charge in [0.05, 0.1) is 27.6 Å². The fraction of sp³-hybridized carbons (Fsp3) is 0.833. The molecule has 35 heavy (non-hydrogen) atoms. The molecule has 0 spiro atoms. The summed E-state index contributed by atoms with van der Waals surface area (Å²) in [4.78, 5) is 47.8. The molecule has 0 aliphatic rings. The Morgan fingerprint density at radius 3 is 1.66 bits per heavy atom. The molecule has 1 atom stereocenters. The summed E-state index contributed by atoms with van der Waals surface area (Å²) in [6, 6.07) is 0. The molecule has 206 valence electrons. The first-order valence-electron chi connectivity index (χ1n) is 12.1. The maximum absolute atomic E-state index is 12.1. The number of aliphatic hydroxyl groups excluding tert-OH is 1. The van der Waals surface area contributed by atoms with Gasteiger partial charge in [0.15, 0.2) is 12.7 Å². The molecule has 1 N–H and O–H groups in total. The van der Waals surface area contributed by atoms with Gasteiger partial charge in [-0.1, -0.05) is 39.5 Å². The van der Waals surface area contributed by atoms with Crippen molar-refractivity contribution in [3.63, 3.8) is 0 Å². The fourth-order valence-corrected chi connectivity index (χ4v) is 2.98. The van der Waals surface area contributed by atoms with E-state index in [0.29, 0.717) is 23.9 Å². The predicted octanol–water partition coefficient (Wildman–Crippen LogP) is -0.850. The second-order valence-electron chi connectivity index (χ2n) is 9.38. The molecule has 11 heteroatoms. The third-order valence-corrected chi connectivity index (χ3v) is 4.64.